The number of benzene rings is 1. The molecule has 0 spiro atoms. The lowest BCUT2D eigenvalue weighted by atomic mass is 10.1. The van der Waals surface area contributed by atoms with Gasteiger partial charge in [-0.2, -0.15) is 0 Å². The molecule has 4 heteroatoms. The molecule has 0 N–H and O–H groups in total. The summed E-state index contributed by atoms with van der Waals surface area (Å²) in [4.78, 5) is 9.61. The molecule has 20 heavy (non-hydrogen) atoms. The van der Waals surface area contributed by atoms with Crippen molar-refractivity contribution < 1.29 is 4.74 Å². The van der Waals surface area contributed by atoms with Crippen molar-refractivity contribution in [2.75, 3.05) is 44.8 Å². The quantitative estimate of drug-likeness (QED) is 0.829. The molecule has 0 aliphatic carbocycles. The third-order valence-electron chi connectivity index (χ3n) is 4.07. The predicted molar refractivity (Wildman–Crippen MR) is 83.1 cm³/mol. The van der Waals surface area contributed by atoms with Crippen molar-refractivity contribution in [1.82, 2.24) is 4.90 Å². The number of hydrogen-bond donors (Lipinski definition) is 0. The van der Waals surface area contributed by atoms with Gasteiger partial charge in [0.25, 0.3) is 0 Å². The first-order valence-electron chi connectivity index (χ1n) is 7.55. The molecule has 2 heterocycles. The number of rotatable bonds is 2. The van der Waals surface area contributed by atoms with Crippen LogP contribution < -0.4 is 4.90 Å². The molecule has 2 saturated heterocycles. The summed E-state index contributed by atoms with van der Waals surface area (Å²) < 4.78 is 5.44. The summed E-state index contributed by atoms with van der Waals surface area (Å²) in [6, 6.07) is 8.47. The summed E-state index contributed by atoms with van der Waals surface area (Å²) in [7, 11) is 2.15. The van der Waals surface area contributed by atoms with E-state index in [2.05, 4.69) is 41.1 Å². The lowest BCUT2D eigenvalue weighted by Gasteiger charge is -2.30. The molecule has 108 valence electrons. The zero-order valence-electron chi connectivity index (χ0n) is 12.2. The Hall–Kier alpha value is -1.55. The van der Waals surface area contributed by atoms with Crippen molar-refractivity contribution >= 4 is 17.2 Å². The Morgan fingerprint density at radius 3 is 2.65 bits per heavy atom. The maximum Gasteiger partial charge on any atom is 0.105 e. The van der Waals surface area contributed by atoms with Gasteiger partial charge < -0.3 is 14.5 Å². The van der Waals surface area contributed by atoms with Crippen LogP contribution in [0, 0.1) is 0 Å². The van der Waals surface area contributed by atoms with E-state index in [0.717, 1.165) is 45.0 Å². The number of anilines is 1. The van der Waals surface area contributed by atoms with E-state index in [-0.39, 0.29) is 0 Å². The summed E-state index contributed by atoms with van der Waals surface area (Å²) >= 11 is 0. The van der Waals surface area contributed by atoms with Gasteiger partial charge in [0.1, 0.15) is 5.84 Å². The van der Waals surface area contributed by atoms with Gasteiger partial charge in [-0.1, -0.05) is 12.1 Å². The standard InChI is InChI=1S/C16H23N3O/c1-18-9-5-4-8-16(18)17-14-6-2-3-7-15(14)19-10-12-20-13-11-19/h2-3,6-7H,4-5,8-13H2,1H3. The van der Waals surface area contributed by atoms with Crippen molar-refractivity contribution in [3.63, 3.8) is 0 Å². The highest BCUT2D eigenvalue weighted by Crippen LogP contribution is 2.30. The maximum atomic E-state index is 5.44. The number of piperidine rings is 1. The van der Waals surface area contributed by atoms with Crippen LogP contribution in [-0.4, -0.2) is 50.6 Å². The average Bonchev–Trinajstić information content (AvgIpc) is 2.51. The van der Waals surface area contributed by atoms with Crippen LogP contribution in [0.5, 0.6) is 0 Å². The minimum Gasteiger partial charge on any atom is -0.378 e. The Kier molecular flexibility index (Phi) is 4.21. The molecule has 2 fully saturated rings. The normalized spacial score (nSPS) is 22.4. The SMILES string of the molecule is CN1CCCCC1=Nc1ccccc1N1CCOCC1. The lowest BCUT2D eigenvalue weighted by Crippen LogP contribution is -2.36. The molecule has 0 saturated carbocycles. The van der Waals surface area contributed by atoms with Gasteiger partial charge in [-0.15, -0.1) is 0 Å². The number of ether oxygens (including phenoxy) is 1. The summed E-state index contributed by atoms with van der Waals surface area (Å²) in [6.45, 7) is 4.66. The second-order valence-corrected chi connectivity index (χ2v) is 5.49. The number of para-hydroxylation sites is 2. The molecule has 0 atom stereocenters. The molecule has 0 unspecified atom stereocenters. The van der Waals surface area contributed by atoms with Gasteiger partial charge in [-0.3, -0.25) is 0 Å². The topological polar surface area (TPSA) is 28.1 Å². The fourth-order valence-corrected chi connectivity index (χ4v) is 2.86. The Labute approximate surface area is 121 Å². The summed E-state index contributed by atoms with van der Waals surface area (Å²) in [5.41, 5.74) is 2.33. The van der Waals surface area contributed by atoms with Crippen molar-refractivity contribution in [2.45, 2.75) is 19.3 Å². The van der Waals surface area contributed by atoms with Gasteiger partial charge in [-0.25, -0.2) is 4.99 Å². The fraction of sp³-hybridized carbons (Fsp3) is 0.562. The van der Waals surface area contributed by atoms with E-state index in [9.17, 15) is 0 Å². The summed E-state index contributed by atoms with van der Waals surface area (Å²) in [6.07, 6.45) is 3.62. The van der Waals surface area contributed by atoms with E-state index >= 15 is 0 Å². The van der Waals surface area contributed by atoms with Crippen LogP contribution in [0.25, 0.3) is 0 Å². The van der Waals surface area contributed by atoms with E-state index < -0.39 is 0 Å². The molecular formula is C16H23N3O. The van der Waals surface area contributed by atoms with Crippen LogP contribution in [0.1, 0.15) is 19.3 Å². The lowest BCUT2D eigenvalue weighted by molar-refractivity contribution is 0.123. The Morgan fingerprint density at radius 1 is 1.05 bits per heavy atom. The van der Waals surface area contributed by atoms with Crippen molar-refractivity contribution in [3.05, 3.63) is 24.3 Å². The minimum absolute atomic E-state index is 0.810. The third kappa shape index (κ3) is 2.96. The molecule has 0 radical (unpaired) electrons. The summed E-state index contributed by atoms with van der Waals surface area (Å²) in [5.74, 6) is 1.22. The van der Waals surface area contributed by atoms with E-state index in [4.69, 9.17) is 9.73 Å². The highest BCUT2D eigenvalue weighted by Gasteiger charge is 2.16. The molecule has 2 aliphatic heterocycles. The van der Waals surface area contributed by atoms with E-state index in [0.29, 0.717) is 0 Å². The number of morpholine rings is 1. The molecule has 1 aromatic carbocycles. The number of hydrogen-bond acceptors (Lipinski definition) is 3. The predicted octanol–water partition coefficient (Wildman–Crippen LogP) is 2.67. The number of likely N-dealkylation sites (tertiary alicyclic amines) is 1. The zero-order chi connectivity index (χ0) is 13.8. The first-order chi connectivity index (χ1) is 9.84. The van der Waals surface area contributed by atoms with Crippen molar-refractivity contribution in [1.29, 1.82) is 0 Å². The fourth-order valence-electron chi connectivity index (χ4n) is 2.86. The van der Waals surface area contributed by atoms with Crippen LogP contribution in [0.2, 0.25) is 0 Å². The van der Waals surface area contributed by atoms with Gasteiger partial charge in [0, 0.05) is 33.1 Å². The molecule has 3 rings (SSSR count). The molecule has 4 nitrogen and oxygen atoms in total. The Balaban J connectivity index is 1.87. The molecular weight excluding hydrogens is 250 g/mol. The van der Waals surface area contributed by atoms with Gasteiger partial charge >= 0.3 is 0 Å². The highest BCUT2D eigenvalue weighted by atomic mass is 16.5. The van der Waals surface area contributed by atoms with E-state index in [1.54, 1.807) is 0 Å². The van der Waals surface area contributed by atoms with Gasteiger partial charge in [-0.05, 0) is 25.0 Å². The summed E-state index contributed by atoms with van der Waals surface area (Å²) in [5, 5.41) is 0. The van der Waals surface area contributed by atoms with Crippen molar-refractivity contribution in [3.8, 4) is 0 Å². The maximum absolute atomic E-state index is 5.44. The highest BCUT2D eigenvalue weighted by molar-refractivity contribution is 5.87. The van der Waals surface area contributed by atoms with Gasteiger partial charge in [0.2, 0.25) is 0 Å². The van der Waals surface area contributed by atoms with Crippen LogP contribution in [0.3, 0.4) is 0 Å². The largest absolute Gasteiger partial charge is 0.378 e. The van der Waals surface area contributed by atoms with E-state index in [1.165, 1.54) is 24.4 Å². The first kappa shape index (κ1) is 13.4. The van der Waals surface area contributed by atoms with Gasteiger partial charge in [0.05, 0.1) is 24.6 Å². The molecule has 2 aliphatic rings. The Morgan fingerprint density at radius 2 is 1.85 bits per heavy atom. The second-order valence-electron chi connectivity index (χ2n) is 5.49. The van der Waals surface area contributed by atoms with Gasteiger partial charge in [0.15, 0.2) is 0 Å². The Bertz CT molecular complexity index is 480. The molecule has 0 aromatic heterocycles. The first-order valence-corrected chi connectivity index (χ1v) is 7.55. The number of nitrogens with zero attached hydrogens (tertiary/aromatic N) is 3. The number of aliphatic imine (C=N–C) groups is 1. The monoisotopic (exact) mass is 273 g/mol. The smallest absolute Gasteiger partial charge is 0.105 e. The van der Waals surface area contributed by atoms with E-state index in [1.807, 2.05) is 0 Å². The van der Waals surface area contributed by atoms with Crippen LogP contribution in [0.4, 0.5) is 11.4 Å². The molecule has 0 bridgehead atoms. The average molecular weight is 273 g/mol. The van der Waals surface area contributed by atoms with Crippen LogP contribution in [0.15, 0.2) is 29.3 Å². The zero-order valence-corrected chi connectivity index (χ0v) is 12.2. The minimum atomic E-state index is 0.810. The molecule has 0 amide bonds. The van der Waals surface area contributed by atoms with Crippen LogP contribution >= 0.6 is 0 Å². The third-order valence-corrected chi connectivity index (χ3v) is 4.07. The number of amidine groups is 1. The van der Waals surface area contributed by atoms with Crippen molar-refractivity contribution in [2.24, 2.45) is 4.99 Å². The molecule has 1 aromatic rings. The second kappa shape index (κ2) is 6.27. The van der Waals surface area contributed by atoms with Crippen LogP contribution in [-0.2, 0) is 4.74 Å².